The molecule has 1 saturated carbocycles. The molecular weight excluding hydrogens is 310 g/mol. The molecule has 0 aromatic heterocycles. The third-order valence-electron chi connectivity index (χ3n) is 3.31. The van der Waals surface area contributed by atoms with Gasteiger partial charge in [-0.25, -0.2) is 4.79 Å². The third kappa shape index (κ3) is 5.59. The molecule has 2 N–H and O–H groups in total. The van der Waals surface area contributed by atoms with Crippen LogP contribution in [0.4, 0.5) is 0 Å². The standard InChI is InChI=1S/C15H18ClNO3S/c16-11-5-7-12(8-6-11)21-9-1-2-13(18)17-14(15(19)20)10-3-4-10/h5-8,10,14H,1-4,9H2,(H,17,18)(H,19,20). The first-order valence-electron chi connectivity index (χ1n) is 6.97. The number of hydrogen-bond donors (Lipinski definition) is 2. The minimum atomic E-state index is -0.929. The molecule has 1 fully saturated rings. The van der Waals surface area contributed by atoms with E-state index in [0.29, 0.717) is 11.4 Å². The molecule has 1 unspecified atom stereocenters. The van der Waals surface area contributed by atoms with Gasteiger partial charge in [0.1, 0.15) is 6.04 Å². The number of aliphatic carboxylic acids is 1. The quantitative estimate of drug-likeness (QED) is 0.568. The van der Waals surface area contributed by atoms with Gasteiger partial charge in [-0.05, 0) is 55.2 Å². The number of hydrogen-bond acceptors (Lipinski definition) is 3. The van der Waals surface area contributed by atoms with Crippen molar-refractivity contribution in [1.82, 2.24) is 5.32 Å². The summed E-state index contributed by atoms with van der Waals surface area (Å²) in [5, 5.41) is 12.4. The Bertz CT molecular complexity index is 502. The van der Waals surface area contributed by atoms with E-state index in [9.17, 15) is 9.59 Å². The number of nitrogens with one attached hydrogen (secondary N) is 1. The highest BCUT2D eigenvalue weighted by molar-refractivity contribution is 7.99. The molecule has 1 aliphatic carbocycles. The lowest BCUT2D eigenvalue weighted by molar-refractivity contribution is -0.142. The van der Waals surface area contributed by atoms with Gasteiger partial charge >= 0.3 is 5.97 Å². The molecule has 0 bridgehead atoms. The van der Waals surface area contributed by atoms with Gasteiger partial charge in [0.05, 0.1) is 0 Å². The van der Waals surface area contributed by atoms with E-state index in [0.717, 1.165) is 29.9 Å². The first-order chi connectivity index (χ1) is 10.1. The highest BCUT2D eigenvalue weighted by atomic mass is 35.5. The Morgan fingerprint density at radius 2 is 2.00 bits per heavy atom. The van der Waals surface area contributed by atoms with Crippen LogP contribution < -0.4 is 5.32 Å². The van der Waals surface area contributed by atoms with Crippen molar-refractivity contribution >= 4 is 35.2 Å². The van der Waals surface area contributed by atoms with Crippen LogP contribution in [-0.2, 0) is 9.59 Å². The monoisotopic (exact) mass is 327 g/mol. The molecule has 6 heteroatoms. The zero-order valence-corrected chi connectivity index (χ0v) is 13.1. The van der Waals surface area contributed by atoms with Crippen LogP contribution in [0.5, 0.6) is 0 Å². The molecule has 0 saturated heterocycles. The van der Waals surface area contributed by atoms with Crippen LogP contribution in [0, 0.1) is 5.92 Å². The first-order valence-corrected chi connectivity index (χ1v) is 8.33. The minimum absolute atomic E-state index is 0.120. The van der Waals surface area contributed by atoms with E-state index in [1.165, 1.54) is 0 Å². The van der Waals surface area contributed by atoms with Gasteiger partial charge in [-0.1, -0.05) is 11.6 Å². The van der Waals surface area contributed by atoms with Crippen LogP contribution in [0.1, 0.15) is 25.7 Å². The Morgan fingerprint density at radius 1 is 1.33 bits per heavy atom. The van der Waals surface area contributed by atoms with Crippen LogP contribution in [0.25, 0.3) is 0 Å². The van der Waals surface area contributed by atoms with Crippen LogP contribution in [0.2, 0.25) is 5.02 Å². The topological polar surface area (TPSA) is 66.4 Å². The van der Waals surface area contributed by atoms with Crippen molar-refractivity contribution in [1.29, 1.82) is 0 Å². The van der Waals surface area contributed by atoms with Gasteiger partial charge in [0.25, 0.3) is 0 Å². The summed E-state index contributed by atoms with van der Waals surface area (Å²) >= 11 is 7.47. The maximum absolute atomic E-state index is 11.7. The number of carbonyl (C=O) groups is 2. The molecular formula is C15H18ClNO3S. The summed E-state index contributed by atoms with van der Waals surface area (Å²) in [7, 11) is 0. The molecule has 0 radical (unpaired) electrons. The van der Waals surface area contributed by atoms with Crippen molar-refractivity contribution in [3.63, 3.8) is 0 Å². The molecule has 4 nitrogen and oxygen atoms in total. The van der Waals surface area contributed by atoms with Crippen LogP contribution in [-0.4, -0.2) is 28.8 Å². The van der Waals surface area contributed by atoms with Gasteiger partial charge in [-0.15, -0.1) is 11.8 Å². The average Bonchev–Trinajstić information content (AvgIpc) is 3.27. The lowest BCUT2D eigenvalue weighted by Gasteiger charge is -2.13. The number of amides is 1. The van der Waals surface area contributed by atoms with Gasteiger partial charge in [-0.2, -0.15) is 0 Å². The molecule has 0 aliphatic heterocycles. The molecule has 114 valence electrons. The number of halogens is 1. The SMILES string of the molecule is O=C(CCCSc1ccc(Cl)cc1)NC(C(=O)O)C1CC1. The van der Waals surface area contributed by atoms with Gasteiger partial charge in [0.15, 0.2) is 0 Å². The molecule has 0 spiro atoms. The Hall–Kier alpha value is -1.20. The Labute approximate surface area is 133 Å². The first kappa shape index (κ1) is 16.2. The lowest BCUT2D eigenvalue weighted by Crippen LogP contribution is -2.42. The predicted molar refractivity (Wildman–Crippen MR) is 83.7 cm³/mol. The smallest absolute Gasteiger partial charge is 0.326 e. The number of carbonyl (C=O) groups excluding carboxylic acids is 1. The summed E-state index contributed by atoms with van der Waals surface area (Å²) in [4.78, 5) is 23.9. The van der Waals surface area contributed by atoms with Crippen molar-refractivity contribution in [2.45, 2.75) is 36.6 Å². The van der Waals surface area contributed by atoms with Crippen molar-refractivity contribution in [2.24, 2.45) is 5.92 Å². The molecule has 1 aliphatic rings. The van der Waals surface area contributed by atoms with E-state index in [-0.39, 0.29) is 11.8 Å². The predicted octanol–water partition coefficient (Wildman–Crippen LogP) is 3.19. The van der Waals surface area contributed by atoms with E-state index in [1.54, 1.807) is 11.8 Å². The van der Waals surface area contributed by atoms with E-state index in [2.05, 4.69) is 5.32 Å². The number of benzene rings is 1. The van der Waals surface area contributed by atoms with Crippen molar-refractivity contribution in [2.75, 3.05) is 5.75 Å². The molecule has 2 rings (SSSR count). The van der Waals surface area contributed by atoms with Gasteiger partial charge < -0.3 is 10.4 Å². The second kappa shape index (κ2) is 7.71. The van der Waals surface area contributed by atoms with E-state index < -0.39 is 12.0 Å². The third-order valence-corrected chi connectivity index (χ3v) is 4.66. The zero-order chi connectivity index (χ0) is 15.2. The van der Waals surface area contributed by atoms with Gasteiger partial charge in [-0.3, -0.25) is 4.79 Å². The fourth-order valence-electron chi connectivity index (χ4n) is 2.01. The molecule has 1 amide bonds. The molecule has 0 heterocycles. The fraction of sp³-hybridized carbons (Fsp3) is 0.467. The van der Waals surface area contributed by atoms with E-state index in [1.807, 2.05) is 24.3 Å². The number of thioether (sulfide) groups is 1. The second-order valence-electron chi connectivity index (χ2n) is 5.13. The summed E-state index contributed by atoms with van der Waals surface area (Å²) < 4.78 is 0. The number of rotatable bonds is 8. The van der Waals surface area contributed by atoms with Crippen LogP contribution >= 0.6 is 23.4 Å². The van der Waals surface area contributed by atoms with Crippen molar-refractivity contribution in [3.8, 4) is 0 Å². The van der Waals surface area contributed by atoms with Crippen molar-refractivity contribution in [3.05, 3.63) is 29.3 Å². The van der Waals surface area contributed by atoms with Crippen LogP contribution in [0.15, 0.2) is 29.2 Å². The second-order valence-corrected chi connectivity index (χ2v) is 6.73. The van der Waals surface area contributed by atoms with Gasteiger partial charge in [0, 0.05) is 16.3 Å². The van der Waals surface area contributed by atoms with E-state index >= 15 is 0 Å². The summed E-state index contributed by atoms with van der Waals surface area (Å²) in [5.41, 5.74) is 0. The Kier molecular flexibility index (Phi) is 5.94. The maximum Gasteiger partial charge on any atom is 0.326 e. The molecule has 1 aromatic rings. The summed E-state index contributed by atoms with van der Waals surface area (Å²) in [6, 6.07) is 6.86. The summed E-state index contributed by atoms with van der Waals surface area (Å²) in [6.45, 7) is 0. The normalized spacial score (nSPS) is 15.5. The summed E-state index contributed by atoms with van der Waals surface area (Å²) in [6.07, 6.45) is 2.86. The maximum atomic E-state index is 11.7. The molecule has 21 heavy (non-hydrogen) atoms. The Morgan fingerprint density at radius 3 is 2.57 bits per heavy atom. The highest BCUT2D eigenvalue weighted by Gasteiger charge is 2.37. The largest absolute Gasteiger partial charge is 0.480 e. The highest BCUT2D eigenvalue weighted by Crippen LogP contribution is 2.32. The fourth-order valence-corrected chi connectivity index (χ4v) is 2.99. The number of carboxylic acids is 1. The average molecular weight is 328 g/mol. The van der Waals surface area contributed by atoms with Crippen LogP contribution in [0.3, 0.4) is 0 Å². The molecule has 1 aromatic carbocycles. The lowest BCUT2D eigenvalue weighted by atomic mass is 10.2. The Balaban J connectivity index is 1.64. The van der Waals surface area contributed by atoms with Crippen molar-refractivity contribution < 1.29 is 14.7 Å². The summed E-state index contributed by atoms with van der Waals surface area (Å²) in [5.74, 6) is -0.168. The molecule has 1 atom stereocenters. The zero-order valence-electron chi connectivity index (χ0n) is 11.5. The van der Waals surface area contributed by atoms with E-state index in [4.69, 9.17) is 16.7 Å². The minimum Gasteiger partial charge on any atom is -0.480 e. The van der Waals surface area contributed by atoms with Gasteiger partial charge in [0.2, 0.25) is 5.91 Å². The number of carboxylic acid groups (broad SMARTS) is 1.